The molecule has 0 saturated carbocycles. The Hall–Kier alpha value is -1.31. The minimum atomic E-state index is -0.492. The number of nitrogens with zero attached hydrogens (tertiary/aromatic N) is 1. The standard InChI is InChI=1S/C17H28N4O.HI/c1-6-13-9-7-8-10-14(13)11-20-16(19-5)21-12-17(2,3)15(22)18-4;/h7-10H,6,11-12H2,1-5H3,(H,18,22)(H2,19,20,21);1H. The van der Waals surface area contributed by atoms with E-state index >= 15 is 0 Å². The van der Waals surface area contributed by atoms with E-state index in [1.165, 1.54) is 11.1 Å². The summed E-state index contributed by atoms with van der Waals surface area (Å²) in [6.07, 6.45) is 1.01. The number of halogens is 1. The summed E-state index contributed by atoms with van der Waals surface area (Å²) >= 11 is 0. The molecule has 0 atom stereocenters. The summed E-state index contributed by atoms with van der Waals surface area (Å²) in [6.45, 7) is 7.18. The Balaban J connectivity index is 0.00000484. The van der Waals surface area contributed by atoms with Crippen LogP contribution in [0.4, 0.5) is 0 Å². The van der Waals surface area contributed by atoms with Gasteiger partial charge in [-0.05, 0) is 31.4 Å². The van der Waals surface area contributed by atoms with E-state index in [1.807, 2.05) is 19.9 Å². The monoisotopic (exact) mass is 432 g/mol. The van der Waals surface area contributed by atoms with Crippen molar-refractivity contribution in [2.45, 2.75) is 33.7 Å². The first-order valence-corrected chi connectivity index (χ1v) is 7.68. The van der Waals surface area contributed by atoms with Crippen molar-refractivity contribution in [2.24, 2.45) is 10.4 Å². The Kier molecular flexibility index (Phi) is 9.87. The lowest BCUT2D eigenvalue weighted by Gasteiger charge is -2.24. The molecule has 0 aromatic heterocycles. The molecule has 0 aliphatic rings. The van der Waals surface area contributed by atoms with Crippen LogP contribution in [0.3, 0.4) is 0 Å². The van der Waals surface area contributed by atoms with Gasteiger partial charge in [-0.15, -0.1) is 24.0 Å². The number of nitrogens with one attached hydrogen (secondary N) is 3. The SMILES string of the molecule is CCc1ccccc1CNC(=NC)NCC(C)(C)C(=O)NC.I. The maximum atomic E-state index is 11.8. The van der Waals surface area contributed by atoms with Gasteiger partial charge in [0, 0.05) is 27.2 Å². The van der Waals surface area contributed by atoms with Crippen molar-refractivity contribution >= 4 is 35.8 Å². The molecule has 1 aromatic carbocycles. The number of benzene rings is 1. The molecule has 0 saturated heterocycles. The van der Waals surface area contributed by atoms with Gasteiger partial charge in [0.05, 0.1) is 5.41 Å². The highest BCUT2D eigenvalue weighted by molar-refractivity contribution is 14.0. The van der Waals surface area contributed by atoms with Gasteiger partial charge in [-0.3, -0.25) is 9.79 Å². The van der Waals surface area contributed by atoms with Gasteiger partial charge in [-0.25, -0.2) is 0 Å². The predicted octanol–water partition coefficient (Wildman–Crippen LogP) is 2.30. The number of carbonyl (C=O) groups excluding carboxylic acids is 1. The average molecular weight is 432 g/mol. The van der Waals surface area contributed by atoms with Crippen molar-refractivity contribution in [1.82, 2.24) is 16.0 Å². The predicted molar refractivity (Wildman–Crippen MR) is 107 cm³/mol. The quantitative estimate of drug-likeness (QED) is 0.367. The van der Waals surface area contributed by atoms with Crippen molar-refractivity contribution in [3.63, 3.8) is 0 Å². The molecule has 0 unspecified atom stereocenters. The highest BCUT2D eigenvalue weighted by Crippen LogP contribution is 2.13. The number of carbonyl (C=O) groups is 1. The number of rotatable bonds is 6. The van der Waals surface area contributed by atoms with Crippen LogP contribution >= 0.6 is 24.0 Å². The lowest BCUT2D eigenvalue weighted by Crippen LogP contribution is -2.47. The fourth-order valence-corrected chi connectivity index (χ4v) is 2.20. The largest absolute Gasteiger partial charge is 0.359 e. The minimum Gasteiger partial charge on any atom is -0.359 e. The van der Waals surface area contributed by atoms with Crippen molar-refractivity contribution in [3.05, 3.63) is 35.4 Å². The third-order valence-corrected chi connectivity index (χ3v) is 3.71. The second-order valence-corrected chi connectivity index (χ2v) is 5.86. The summed E-state index contributed by atoms with van der Waals surface area (Å²) in [5.74, 6) is 0.703. The van der Waals surface area contributed by atoms with Gasteiger partial charge < -0.3 is 16.0 Å². The second-order valence-electron chi connectivity index (χ2n) is 5.86. The molecule has 0 fully saturated rings. The molecule has 6 heteroatoms. The van der Waals surface area contributed by atoms with Crippen LogP contribution in [-0.4, -0.2) is 32.5 Å². The first-order valence-electron chi connectivity index (χ1n) is 7.68. The van der Waals surface area contributed by atoms with Crippen LogP contribution in [0.25, 0.3) is 0 Å². The zero-order chi connectivity index (χ0) is 16.6. The van der Waals surface area contributed by atoms with Crippen LogP contribution in [-0.2, 0) is 17.8 Å². The molecule has 23 heavy (non-hydrogen) atoms. The van der Waals surface area contributed by atoms with Crippen LogP contribution in [0.2, 0.25) is 0 Å². The van der Waals surface area contributed by atoms with E-state index in [9.17, 15) is 4.79 Å². The zero-order valence-corrected chi connectivity index (χ0v) is 17.0. The van der Waals surface area contributed by atoms with Crippen LogP contribution in [0.5, 0.6) is 0 Å². The molecule has 0 spiro atoms. The van der Waals surface area contributed by atoms with Crippen molar-refractivity contribution in [3.8, 4) is 0 Å². The van der Waals surface area contributed by atoms with E-state index in [1.54, 1.807) is 14.1 Å². The van der Waals surface area contributed by atoms with E-state index in [4.69, 9.17) is 0 Å². The van der Waals surface area contributed by atoms with Gasteiger partial charge in [0.1, 0.15) is 0 Å². The van der Waals surface area contributed by atoms with E-state index < -0.39 is 5.41 Å². The first-order chi connectivity index (χ1) is 10.4. The summed E-state index contributed by atoms with van der Waals surface area (Å²) in [6, 6.07) is 8.36. The van der Waals surface area contributed by atoms with Crippen molar-refractivity contribution < 1.29 is 4.79 Å². The highest BCUT2D eigenvalue weighted by atomic mass is 127. The summed E-state index contributed by atoms with van der Waals surface area (Å²) in [5.41, 5.74) is 2.10. The summed E-state index contributed by atoms with van der Waals surface area (Å²) in [5, 5.41) is 9.19. The van der Waals surface area contributed by atoms with Crippen molar-refractivity contribution in [2.75, 3.05) is 20.6 Å². The topological polar surface area (TPSA) is 65.5 Å². The molecule has 0 aliphatic carbocycles. The Morgan fingerprint density at radius 2 is 1.78 bits per heavy atom. The van der Waals surface area contributed by atoms with E-state index in [0.717, 1.165) is 6.42 Å². The lowest BCUT2D eigenvalue weighted by molar-refractivity contribution is -0.128. The molecule has 3 N–H and O–H groups in total. The number of aryl methyl sites for hydroxylation is 1. The third-order valence-electron chi connectivity index (χ3n) is 3.71. The van der Waals surface area contributed by atoms with Gasteiger partial charge in [0.15, 0.2) is 5.96 Å². The fourth-order valence-electron chi connectivity index (χ4n) is 2.20. The molecule has 1 aromatic rings. The Bertz CT molecular complexity index is 529. The van der Waals surface area contributed by atoms with Crippen LogP contribution in [0.15, 0.2) is 29.3 Å². The second kappa shape index (κ2) is 10.5. The third kappa shape index (κ3) is 6.76. The molecular formula is C17H29IN4O. The van der Waals surface area contributed by atoms with Gasteiger partial charge in [0.25, 0.3) is 0 Å². The van der Waals surface area contributed by atoms with Crippen LogP contribution < -0.4 is 16.0 Å². The van der Waals surface area contributed by atoms with E-state index in [-0.39, 0.29) is 29.9 Å². The molecule has 0 bridgehead atoms. The summed E-state index contributed by atoms with van der Waals surface area (Å²) < 4.78 is 0. The van der Waals surface area contributed by atoms with Crippen LogP contribution in [0, 0.1) is 5.41 Å². The Labute approximate surface area is 156 Å². The van der Waals surface area contributed by atoms with Gasteiger partial charge >= 0.3 is 0 Å². The smallest absolute Gasteiger partial charge is 0.227 e. The lowest BCUT2D eigenvalue weighted by atomic mass is 9.92. The maximum absolute atomic E-state index is 11.8. The maximum Gasteiger partial charge on any atom is 0.227 e. The van der Waals surface area contributed by atoms with E-state index in [0.29, 0.717) is 19.0 Å². The Morgan fingerprint density at radius 3 is 2.30 bits per heavy atom. The van der Waals surface area contributed by atoms with Gasteiger partial charge in [-0.2, -0.15) is 0 Å². The summed E-state index contributed by atoms with van der Waals surface area (Å²) in [7, 11) is 3.38. The number of hydrogen-bond donors (Lipinski definition) is 3. The highest BCUT2D eigenvalue weighted by Gasteiger charge is 2.26. The molecule has 5 nitrogen and oxygen atoms in total. The minimum absolute atomic E-state index is 0. The number of amides is 1. The molecule has 130 valence electrons. The van der Waals surface area contributed by atoms with Crippen molar-refractivity contribution in [1.29, 1.82) is 0 Å². The number of hydrogen-bond acceptors (Lipinski definition) is 2. The molecule has 1 amide bonds. The number of aliphatic imine (C=N–C) groups is 1. The molecule has 0 aliphatic heterocycles. The van der Waals surface area contributed by atoms with Gasteiger partial charge in [-0.1, -0.05) is 31.2 Å². The first kappa shape index (κ1) is 21.7. The molecular weight excluding hydrogens is 403 g/mol. The number of guanidine groups is 1. The fraction of sp³-hybridized carbons (Fsp3) is 0.529. The normalized spacial score (nSPS) is 11.4. The zero-order valence-electron chi connectivity index (χ0n) is 14.7. The van der Waals surface area contributed by atoms with Gasteiger partial charge in [0.2, 0.25) is 5.91 Å². The summed E-state index contributed by atoms with van der Waals surface area (Å²) in [4.78, 5) is 16.0. The molecule has 0 radical (unpaired) electrons. The average Bonchev–Trinajstić information content (AvgIpc) is 2.54. The van der Waals surface area contributed by atoms with Crippen LogP contribution in [0.1, 0.15) is 31.9 Å². The molecule has 0 heterocycles. The molecule has 1 rings (SSSR count). The van der Waals surface area contributed by atoms with E-state index in [2.05, 4.69) is 46.1 Å². The Morgan fingerprint density at radius 1 is 1.17 bits per heavy atom.